The van der Waals surface area contributed by atoms with E-state index in [0.717, 1.165) is 11.3 Å². The van der Waals surface area contributed by atoms with E-state index in [1.54, 1.807) is 24.4 Å². The van der Waals surface area contributed by atoms with Crippen LogP contribution in [-0.4, -0.2) is 41.6 Å². The molecule has 146 valence electrons. The summed E-state index contributed by atoms with van der Waals surface area (Å²) in [7, 11) is 0. The van der Waals surface area contributed by atoms with Crippen LogP contribution in [0.3, 0.4) is 0 Å². The predicted molar refractivity (Wildman–Crippen MR) is 103 cm³/mol. The van der Waals surface area contributed by atoms with E-state index in [1.165, 1.54) is 0 Å². The second-order valence-electron chi connectivity index (χ2n) is 7.20. The van der Waals surface area contributed by atoms with Crippen molar-refractivity contribution in [1.82, 2.24) is 9.88 Å². The summed E-state index contributed by atoms with van der Waals surface area (Å²) in [5, 5.41) is 2.94. The Morgan fingerprint density at radius 1 is 1.14 bits per heavy atom. The molecule has 2 aromatic rings. The Labute approximate surface area is 163 Å². The molecular formula is C21H23N3O4. The van der Waals surface area contributed by atoms with Gasteiger partial charge in [0.1, 0.15) is 0 Å². The minimum absolute atomic E-state index is 0.0197. The van der Waals surface area contributed by atoms with Crippen LogP contribution in [0.1, 0.15) is 24.1 Å². The Hall–Kier alpha value is -3.09. The highest BCUT2D eigenvalue weighted by Crippen LogP contribution is 2.34. The number of piperidine rings is 1. The van der Waals surface area contributed by atoms with Gasteiger partial charge in [0.15, 0.2) is 11.5 Å². The van der Waals surface area contributed by atoms with Gasteiger partial charge >= 0.3 is 0 Å². The smallest absolute Gasteiger partial charge is 0.231 e. The first-order valence-electron chi connectivity index (χ1n) is 9.48. The lowest BCUT2D eigenvalue weighted by Crippen LogP contribution is -2.42. The maximum atomic E-state index is 12.6. The van der Waals surface area contributed by atoms with Crippen molar-refractivity contribution in [3.63, 3.8) is 0 Å². The summed E-state index contributed by atoms with van der Waals surface area (Å²) in [6, 6.07) is 9.22. The maximum absolute atomic E-state index is 12.6. The van der Waals surface area contributed by atoms with Crippen LogP contribution in [0.4, 0.5) is 5.69 Å². The van der Waals surface area contributed by atoms with E-state index in [0.29, 0.717) is 49.5 Å². The van der Waals surface area contributed by atoms with Crippen molar-refractivity contribution in [3.8, 4) is 11.5 Å². The minimum atomic E-state index is -0.101. The third kappa shape index (κ3) is 4.08. The molecular weight excluding hydrogens is 358 g/mol. The van der Waals surface area contributed by atoms with Gasteiger partial charge in [-0.25, -0.2) is 0 Å². The lowest BCUT2D eigenvalue weighted by Gasteiger charge is -2.31. The molecule has 2 amide bonds. The first-order chi connectivity index (χ1) is 13.6. The van der Waals surface area contributed by atoms with Crippen LogP contribution in [-0.2, 0) is 16.0 Å². The monoisotopic (exact) mass is 381 g/mol. The summed E-state index contributed by atoms with van der Waals surface area (Å²) in [4.78, 5) is 31.1. The van der Waals surface area contributed by atoms with E-state index < -0.39 is 0 Å². The highest BCUT2D eigenvalue weighted by molar-refractivity contribution is 5.93. The summed E-state index contributed by atoms with van der Waals surface area (Å²) < 4.78 is 10.6. The number of likely N-dealkylation sites (tertiary alicyclic amines) is 1. The molecule has 3 heterocycles. The Bertz CT molecular complexity index is 874. The van der Waals surface area contributed by atoms with Crippen LogP contribution < -0.4 is 14.8 Å². The highest BCUT2D eigenvalue weighted by atomic mass is 16.7. The molecule has 0 unspecified atom stereocenters. The van der Waals surface area contributed by atoms with Crippen LogP contribution in [0.15, 0.2) is 36.5 Å². The van der Waals surface area contributed by atoms with Gasteiger partial charge in [-0.2, -0.15) is 0 Å². The Balaban J connectivity index is 1.28. The maximum Gasteiger partial charge on any atom is 0.231 e. The zero-order valence-corrected chi connectivity index (χ0v) is 15.8. The number of carbonyl (C=O) groups is 2. The summed E-state index contributed by atoms with van der Waals surface area (Å²) in [6.07, 6.45) is 3.42. The molecule has 0 aliphatic carbocycles. The quantitative estimate of drug-likeness (QED) is 0.880. The van der Waals surface area contributed by atoms with Crippen molar-refractivity contribution < 1.29 is 19.1 Å². The normalized spacial score (nSPS) is 16.1. The van der Waals surface area contributed by atoms with E-state index in [-0.39, 0.29) is 24.5 Å². The first kappa shape index (κ1) is 18.3. The topological polar surface area (TPSA) is 80.8 Å². The van der Waals surface area contributed by atoms with Gasteiger partial charge in [-0.05, 0) is 43.5 Å². The van der Waals surface area contributed by atoms with Crippen LogP contribution >= 0.6 is 0 Å². The molecule has 1 aromatic carbocycles. The Morgan fingerprint density at radius 3 is 2.68 bits per heavy atom. The number of rotatable bonds is 4. The Kier molecular flexibility index (Phi) is 5.14. The molecule has 0 bridgehead atoms. The van der Waals surface area contributed by atoms with Crippen molar-refractivity contribution in [2.75, 3.05) is 25.2 Å². The number of carbonyl (C=O) groups excluding carboxylic acids is 2. The van der Waals surface area contributed by atoms with Crippen LogP contribution in [0.2, 0.25) is 0 Å². The lowest BCUT2D eigenvalue weighted by atomic mass is 9.95. The fraction of sp³-hybridized carbons (Fsp3) is 0.381. The molecule has 1 N–H and O–H groups in total. The van der Waals surface area contributed by atoms with Crippen LogP contribution in [0.5, 0.6) is 11.5 Å². The van der Waals surface area contributed by atoms with E-state index in [4.69, 9.17) is 9.47 Å². The van der Waals surface area contributed by atoms with Gasteiger partial charge in [-0.3, -0.25) is 14.6 Å². The molecule has 1 aromatic heterocycles. The van der Waals surface area contributed by atoms with Crippen LogP contribution in [0, 0.1) is 12.8 Å². The van der Waals surface area contributed by atoms with E-state index in [2.05, 4.69) is 10.3 Å². The van der Waals surface area contributed by atoms with Gasteiger partial charge in [-0.1, -0.05) is 6.07 Å². The van der Waals surface area contributed by atoms with Gasteiger partial charge in [0.05, 0.1) is 6.42 Å². The van der Waals surface area contributed by atoms with Gasteiger partial charge in [0.25, 0.3) is 0 Å². The largest absolute Gasteiger partial charge is 0.454 e. The standard InChI is InChI=1S/C21H23N3O4/c1-14-2-3-15(12-22-14)10-20(25)24-8-6-16(7-9-24)21(26)23-17-4-5-18-19(11-17)28-13-27-18/h2-5,11-12,16H,6-10,13H2,1H3,(H,23,26). The Morgan fingerprint density at radius 2 is 1.93 bits per heavy atom. The first-order valence-corrected chi connectivity index (χ1v) is 9.48. The third-order valence-electron chi connectivity index (χ3n) is 5.19. The van der Waals surface area contributed by atoms with Gasteiger partial charge in [0.2, 0.25) is 18.6 Å². The summed E-state index contributed by atoms with van der Waals surface area (Å²) in [5.41, 5.74) is 2.54. The number of fused-ring (bicyclic) bond motifs is 1. The van der Waals surface area contributed by atoms with Gasteiger partial charge < -0.3 is 19.7 Å². The average molecular weight is 381 g/mol. The molecule has 0 radical (unpaired) electrons. The number of ether oxygens (including phenoxy) is 2. The number of aromatic nitrogens is 1. The number of benzene rings is 1. The molecule has 2 aliphatic rings. The zero-order valence-electron chi connectivity index (χ0n) is 15.8. The SMILES string of the molecule is Cc1ccc(CC(=O)N2CCC(C(=O)Nc3ccc4c(c3)OCO4)CC2)cn1. The van der Waals surface area contributed by atoms with E-state index in [1.807, 2.05) is 24.0 Å². The van der Waals surface area contributed by atoms with Crippen molar-refractivity contribution >= 4 is 17.5 Å². The second kappa shape index (κ2) is 7.88. The zero-order chi connectivity index (χ0) is 19.5. The summed E-state index contributed by atoms with van der Waals surface area (Å²) in [6.45, 7) is 3.32. The minimum Gasteiger partial charge on any atom is -0.454 e. The fourth-order valence-corrected chi connectivity index (χ4v) is 3.50. The van der Waals surface area contributed by atoms with E-state index in [9.17, 15) is 9.59 Å². The molecule has 1 saturated heterocycles. The molecule has 0 saturated carbocycles. The van der Waals surface area contributed by atoms with Crippen molar-refractivity contribution in [3.05, 3.63) is 47.8 Å². The number of nitrogens with zero attached hydrogens (tertiary/aromatic N) is 2. The van der Waals surface area contributed by atoms with Crippen molar-refractivity contribution in [1.29, 1.82) is 0 Å². The molecule has 7 heteroatoms. The van der Waals surface area contributed by atoms with Crippen LogP contribution in [0.25, 0.3) is 0 Å². The number of hydrogen-bond acceptors (Lipinski definition) is 5. The number of hydrogen-bond donors (Lipinski definition) is 1. The van der Waals surface area contributed by atoms with Crippen molar-refractivity contribution in [2.24, 2.45) is 5.92 Å². The molecule has 0 spiro atoms. The highest BCUT2D eigenvalue weighted by Gasteiger charge is 2.27. The molecule has 28 heavy (non-hydrogen) atoms. The lowest BCUT2D eigenvalue weighted by molar-refractivity contribution is -0.133. The van der Waals surface area contributed by atoms with Gasteiger partial charge in [0, 0.05) is 42.7 Å². The summed E-state index contributed by atoms with van der Waals surface area (Å²) >= 11 is 0. The number of aryl methyl sites for hydroxylation is 1. The van der Waals surface area contributed by atoms with Gasteiger partial charge in [-0.15, -0.1) is 0 Å². The number of pyridine rings is 1. The predicted octanol–water partition coefficient (Wildman–Crippen LogP) is 2.54. The second-order valence-corrected chi connectivity index (χ2v) is 7.20. The third-order valence-corrected chi connectivity index (χ3v) is 5.19. The molecule has 7 nitrogen and oxygen atoms in total. The molecule has 0 atom stereocenters. The fourth-order valence-electron chi connectivity index (χ4n) is 3.50. The average Bonchev–Trinajstić information content (AvgIpc) is 3.17. The summed E-state index contributed by atoms with van der Waals surface area (Å²) in [5.74, 6) is 1.29. The van der Waals surface area contributed by atoms with Crippen molar-refractivity contribution in [2.45, 2.75) is 26.2 Å². The molecule has 1 fully saturated rings. The number of amides is 2. The molecule has 4 rings (SSSR count). The number of anilines is 1. The number of nitrogens with one attached hydrogen (secondary N) is 1. The molecule has 2 aliphatic heterocycles. The van der Waals surface area contributed by atoms with E-state index >= 15 is 0 Å².